The van der Waals surface area contributed by atoms with Crippen LogP contribution in [-0.2, 0) is 0 Å². The molecule has 0 amide bonds. The quantitative estimate of drug-likeness (QED) is 0.641. The average molecular weight is 178 g/mol. The number of nitrogens with zero attached hydrogens (tertiary/aromatic N) is 3. The fourth-order valence-electron chi connectivity index (χ4n) is 1.01. The third kappa shape index (κ3) is 0.947. The van der Waals surface area contributed by atoms with Gasteiger partial charge in [0.1, 0.15) is 4.99 Å². The molecular formula is C7H6N4S. The zero-order valence-electron chi connectivity index (χ0n) is 6.14. The molecule has 2 N–H and O–H groups in total. The van der Waals surface area contributed by atoms with E-state index in [-0.39, 0.29) is 4.99 Å². The van der Waals surface area contributed by atoms with Crippen molar-refractivity contribution in [3.05, 3.63) is 30.2 Å². The third-order valence-electron chi connectivity index (χ3n) is 1.53. The van der Waals surface area contributed by atoms with Crippen LogP contribution in [0, 0.1) is 0 Å². The van der Waals surface area contributed by atoms with Crippen LogP contribution < -0.4 is 5.73 Å². The molecule has 2 aromatic rings. The Hall–Kier alpha value is -1.49. The summed E-state index contributed by atoms with van der Waals surface area (Å²) in [5.41, 5.74) is 6.18. The monoisotopic (exact) mass is 178 g/mol. The van der Waals surface area contributed by atoms with E-state index in [4.69, 9.17) is 18.0 Å². The van der Waals surface area contributed by atoms with Gasteiger partial charge in [-0.15, -0.1) is 10.2 Å². The molecule has 4 nitrogen and oxygen atoms in total. The van der Waals surface area contributed by atoms with Gasteiger partial charge in [0.05, 0.1) is 0 Å². The maximum atomic E-state index is 5.43. The van der Waals surface area contributed by atoms with E-state index in [2.05, 4.69) is 10.2 Å². The summed E-state index contributed by atoms with van der Waals surface area (Å²) in [7, 11) is 0. The lowest BCUT2D eigenvalue weighted by Crippen LogP contribution is -2.13. The maximum absolute atomic E-state index is 5.43. The van der Waals surface area contributed by atoms with E-state index in [0.29, 0.717) is 5.82 Å². The number of aromatic nitrogens is 3. The first-order valence-corrected chi connectivity index (χ1v) is 3.79. The summed E-state index contributed by atoms with van der Waals surface area (Å²) in [6.07, 6.45) is 1.82. The predicted molar refractivity (Wildman–Crippen MR) is 48.9 cm³/mol. The SMILES string of the molecule is NC(=S)c1nnc2ccccn12. The molecule has 12 heavy (non-hydrogen) atoms. The highest BCUT2D eigenvalue weighted by molar-refractivity contribution is 7.80. The minimum atomic E-state index is 0.258. The van der Waals surface area contributed by atoms with Crippen molar-refractivity contribution in [2.24, 2.45) is 5.73 Å². The van der Waals surface area contributed by atoms with E-state index in [1.807, 2.05) is 24.4 Å². The molecule has 0 spiro atoms. The van der Waals surface area contributed by atoms with Crippen LogP contribution in [0.15, 0.2) is 24.4 Å². The molecule has 0 bridgehead atoms. The minimum absolute atomic E-state index is 0.258. The van der Waals surface area contributed by atoms with Gasteiger partial charge in [0.25, 0.3) is 0 Å². The molecule has 60 valence electrons. The highest BCUT2D eigenvalue weighted by atomic mass is 32.1. The molecule has 0 aliphatic heterocycles. The van der Waals surface area contributed by atoms with Crippen LogP contribution >= 0.6 is 12.2 Å². The molecule has 0 fully saturated rings. The number of fused-ring (bicyclic) bond motifs is 1. The van der Waals surface area contributed by atoms with Crippen LogP contribution in [0.25, 0.3) is 5.65 Å². The summed E-state index contributed by atoms with van der Waals surface area (Å²) in [6, 6.07) is 5.60. The molecule has 0 atom stereocenters. The first kappa shape index (κ1) is 7.17. The lowest BCUT2D eigenvalue weighted by molar-refractivity contribution is 1.08. The van der Waals surface area contributed by atoms with E-state index in [1.165, 1.54) is 0 Å². The van der Waals surface area contributed by atoms with E-state index in [0.717, 1.165) is 5.65 Å². The zero-order valence-corrected chi connectivity index (χ0v) is 6.95. The number of nitrogens with two attached hydrogens (primary N) is 1. The molecule has 0 unspecified atom stereocenters. The molecule has 0 aromatic carbocycles. The summed E-state index contributed by atoms with van der Waals surface area (Å²) in [4.78, 5) is 0.258. The van der Waals surface area contributed by atoms with E-state index >= 15 is 0 Å². The second kappa shape index (κ2) is 2.53. The Kier molecular flexibility index (Phi) is 1.51. The summed E-state index contributed by atoms with van der Waals surface area (Å²) < 4.78 is 1.75. The van der Waals surface area contributed by atoms with Crippen molar-refractivity contribution < 1.29 is 0 Å². The second-order valence-corrected chi connectivity index (χ2v) is 2.76. The lowest BCUT2D eigenvalue weighted by atomic mass is 10.4. The van der Waals surface area contributed by atoms with Crippen molar-refractivity contribution in [1.82, 2.24) is 14.6 Å². The van der Waals surface area contributed by atoms with Gasteiger partial charge < -0.3 is 5.73 Å². The molecule has 0 aliphatic carbocycles. The number of pyridine rings is 1. The maximum Gasteiger partial charge on any atom is 0.195 e. The largest absolute Gasteiger partial charge is 0.387 e. The van der Waals surface area contributed by atoms with E-state index < -0.39 is 0 Å². The van der Waals surface area contributed by atoms with Crippen LogP contribution in [0.5, 0.6) is 0 Å². The van der Waals surface area contributed by atoms with Gasteiger partial charge >= 0.3 is 0 Å². The molecule has 0 saturated carbocycles. The average Bonchev–Trinajstić information content (AvgIpc) is 2.47. The highest BCUT2D eigenvalue weighted by Crippen LogP contribution is 2.01. The number of hydrogen-bond acceptors (Lipinski definition) is 3. The van der Waals surface area contributed by atoms with Gasteiger partial charge in [-0.25, -0.2) is 0 Å². The molecule has 0 saturated heterocycles. The summed E-state index contributed by atoms with van der Waals surface area (Å²) >= 11 is 4.80. The second-order valence-electron chi connectivity index (χ2n) is 2.32. The van der Waals surface area contributed by atoms with Crippen LogP contribution in [0.1, 0.15) is 5.82 Å². The Labute approximate surface area is 74.0 Å². The topological polar surface area (TPSA) is 56.2 Å². The molecule has 2 heterocycles. The molecule has 2 aromatic heterocycles. The smallest absolute Gasteiger partial charge is 0.195 e. The number of hydrogen-bond donors (Lipinski definition) is 1. The van der Waals surface area contributed by atoms with Gasteiger partial charge in [-0.3, -0.25) is 4.40 Å². The lowest BCUT2D eigenvalue weighted by Gasteiger charge is -1.94. The van der Waals surface area contributed by atoms with Crippen LogP contribution in [0.3, 0.4) is 0 Å². The molecule has 0 radical (unpaired) electrons. The van der Waals surface area contributed by atoms with Crippen LogP contribution in [0.2, 0.25) is 0 Å². The summed E-state index contributed by atoms with van der Waals surface area (Å²) in [6.45, 7) is 0. The Morgan fingerprint density at radius 1 is 1.42 bits per heavy atom. The van der Waals surface area contributed by atoms with Gasteiger partial charge in [0.15, 0.2) is 11.5 Å². The van der Waals surface area contributed by atoms with Crippen molar-refractivity contribution in [2.45, 2.75) is 0 Å². The van der Waals surface area contributed by atoms with Crippen molar-refractivity contribution in [3.63, 3.8) is 0 Å². The van der Waals surface area contributed by atoms with Gasteiger partial charge in [-0.1, -0.05) is 18.3 Å². The third-order valence-corrected chi connectivity index (χ3v) is 1.72. The molecule has 0 aliphatic rings. The van der Waals surface area contributed by atoms with E-state index in [9.17, 15) is 0 Å². The van der Waals surface area contributed by atoms with Gasteiger partial charge in [0, 0.05) is 6.20 Å². The summed E-state index contributed by atoms with van der Waals surface area (Å²) in [5.74, 6) is 0.528. The highest BCUT2D eigenvalue weighted by Gasteiger charge is 2.05. The minimum Gasteiger partial charge on any atom is -0.387 e. The normalized spacial score (nSPS) is 10.3. The van der Waals surface area contributed by atoms with Crippen molar-refractivity contribution in [3.8, 4) is 0 Å². The van der Waals surface area contributed by atoms with Crippen LogP contribution in [-0.4, -0.2) is 19.6 Å². The van der Waals surface area contributed by atoms with E-state index in [1.54, 1.807) is 4.40 Å². The Balaban J connectivity index is 2.79. The van der Waals surface area contributed by atoms with Gasteiger partial charge in [0.2, 0.25) is 0 Å². The predicted octanol–water partition coefficient (Wildman–Crippen LogP) is 0.363. The fraction of sp³-hybridized carbons (Fsp3) is 0. The Bertz CT molecular complexity index is 434. The Morgan fingerprint density at radius 3 is 3.00 bits per heavy atom. The first-order valence-electron chi connectivity index (χ1n) is 3.38. The standard InChI is InChI=1S/C7H6N4S/c8-6(12)7-10-9-5-3-1-2-4-11(5)7/h1-4H,(H2,8,12). The fourth-order valence-corrected chi connectivity index (χ4v) is 1.15. The van der Waals surface area contributed by atoms with Crippen LogP contribution in [0.4, 0.5) is 0 Å². The molecule has 2 rings (SSSR count). The molecular weight excluding hydrogens is 172 g/mol. The van der Waals surface area contributed by atoms with Gasteiger partial charge in [-0.05, 0) is 12.1 Å². The van der Waals surface area contributed by atoms with Crippen molar-refractivity contribution in [1.29, 1.82) is 0 Å². The summed E-state index contributed by atoms with van der Waals surface area (Å²) in [5, 5.41) is 7.73. The number of thiocarbonyl (C=S) groups is 1. The number of rotatable bonds is 1. The van der Waals surface area contributed by atoms with Crippen molar-refractivity contribution >= 4 is 22.9 Å². The zero-order chi connectivity index (χ0) is 8.55. The Morgan fingerprint density at radius 2 is 2.25 bits per heavy atom. The van der Waals surface area contributed by atoms with Crippen molar-refractivity contribution in [2.75, 3.05) is 0 Å². The van der Waals surface area contributed by atoms with Gasteiger partial charge in [-0.2, -0.15) is 0 Å². The molecule has 5 heteroatoms. The first-order chi connectivity index (χ1) is 5.79.